The lowest BCUT2D eigenvalue weighted by molar-refractivity contribution is -0.147. The molecule has 2 aromatic carbocycles. The molecule has 3 fully saturated rings. The van der Waals surface area contributed by atoms with Gasteiger partial charge in [-0.2, -0.15) is 0 Å². The fraction of sp³-hybridized carbons (Fsp3) is 0.424. The number of benzene rings is 2. The van der Waals surface area contributed by atoms with Gasteiger partial charge in [0.05, 0.1) is 29.2 Å². The fourth-order valence-corrected chi connectivity index (χ4v) is 9.68. The molecule has 2 bridgehead atoms. The molecule has 3 aliphatic heterocycles. The van der Waals surface area contributed by atoms with E-state index in [4.69, 9.17) is 0 Å². The van der Waals surface area contributed by atoms with Crippen molar-refractivity contribution >= 4 is 29.5 Å². The van der Waals surface area contributed by atoms with Gasteiger partial charge in [-0.05, 0) is 23.5 Å². The van der Waals surface area contributed by atoms with Gasteiger partial charge in [-0.3, -0.25) is 14.4 Å². The van der Waals surface area contributed by atoms with Gasteiger partial charge in [0.2, 0.25) is 17.7 Å². The molecule has 216 valence electrons. The highest BCUT2D eigenvalue weighted by atomic mass is 32.2. The molecule has 3 amide bonds. The van der Waals surface area contributed by atoms with E-state index in [0.29, 0.717) is 19.6 Å². The quantitative estimate of drug-likeness (QED) is 0.413. The Labute approximate surface area is 246 Å². The summed E-state index contributed by atoms with van der Waals surface area (Å²) >= 11 is 1.65. The maximum atomic E-state index is 14.8. The Morgan fingerprint density at radius 3 is 2.32 bits per heavy atom. The van der Waals surface area contributed by atoms with Crippen LogP contribution in [0.4, 0.5) is 0 Å². The maximum Gasteiger partial charge on any atom is 0.247 e. The highest BCUT2D eigenvalue weighted by Crippen LogP contribution is 2.69. The second-order valence-electron chi connectivity index (χ2n) is 11.4. The largest absolute Gasteiger partial charge is 0.394 e. The summed E-state index contributed by atoms with van der Waals surface area (Å²) in [5.74, 6) is -1.66. The van der Waals surface area contributed by atoms with E-state index in [9.17, 15) is 19.5 Å². The van der Waals surface area contributed by atoms with E-state index in [1.165, 1.54) is 0 Å². The van der Waals surface area contributed by atoms with Crippen LogP contribution in [0.1, 0.15) is 30.5 Å². The second-order valence-corrected chi connectivity index (χ2v) is 13.0. The summed E-state index contributed by atoms with van der Waals surface area (Å²) in [5, 5.41) is 10.7. The van der Waals surface area contributed by atoms with Crippen LogP contribution in [0.5, 0.6) is 0 Å². The molecule has 5 rings (SSSR count). The van der Waals surface area contributed by atoms with Gasteiger partial charge in [-0.25, -0.2) is 0 Å². The molecule has 1 spiro atoms. The number of aliphatic hydroxyl groups excluding tert-OH is 1. The number of likely N-dealkylation sites (N-methyl/N-ethyl adjacent to an activating group) is 1. The Balaban J connectivity index is 1.63. The van der Waals surface area contributed by atoms with Gasteiger partial charge in [0.15, 0.2) is 0 Å². The highest BCUT2D eigenvalue weighted by Gasteiger charge is 2.77. The average molecular weight is 574 g/mol. The Hall–Kier alpha value is -3.36. The number of nitrogens with zero attached hydrogens (tertiary/aromatic N) is 3. The summed E-state index contributed by atoms with van der Waals surface area (Å²) in [6.45, 7) is 10.5. The average Bonchev–Trinajstić information content (AvgIpc) is 3.57. The molecule has 7 nitrogen and oxygen atoms in total. The number of aliphatic hydroxyl groups is 1. The van der Waals surface area contributed by atoms with Crippen LogP contribution in [0.25, 0.3) is 0 Å². The van der Waals surface area contributed by atoms with Crippen LogP contribution >= 0.6 is 11.8 Å². The van der Waals surface area contributed by atoms with Crippen LogP contribution in [0.3, 0.4) is 0 Å². The minimum absolute atomic E-state index is 0.0246. The number of carbonyl (C=O) groups is 3. The SMILES string of the molecule is C=CCN(C)C(=O)[C@@H]1[C@@H]2CC(C)C3(S2)C(C(=O)N(CC=C)Cc2ccccc2)N([C@H](CO)c2ccccc2)C(=O)[C@H]13. The van der Waals surface area contributed by atoms with Crippen molar-refractivity contribution in [3.05, 3.63) is 97.1 Å². The number of thioether (sulfide) groups is 1. The zero-order chi connectivity index (χ0) is 29.3. The molecule has 0 saturated carbocycles. The number of likely N-dealkylation sites (tertiary alicyclic amines) is 1. The Morgan fingerprint density at radius 1 is 1.07 bits per heavy atom. The molecular weight excluding hydrogens is 534 g/mol. The molecule has 0 aliphatic carbocycles. The van der Waals surface area contributed by atoms with Crippen molar-refractivity contribution in [1.29, 1.82) is 0 Å². The topological polar surface area (TPSA) is 81.2 Å². The normalized spacial score (nSPS) is 28.7. The van der Waals surface area contributed by atoms with Crippen LogP contribution in [0.2, 0.25) is 0 Å². The van der Waals surface area contributed by atoms with Crippen LogP contribution in [0, 0.1) is 17.8 Å². The van der Waals surface area contributed by atoms with Gasteiger partial charge < -0.3 is 19.8 Å². The lowest BCUT2D eigenvalue weighted by Crippen LogP contribution is -2.57. The van der Waals surface area contributed by atoms with Gasteiger partial charge in [-0.1, -0.05) is 79.7 Å². The van der Waals surface area contributed by atoms with Crippen molar-refractivity contribution < 1.29 is 19.5 Å². The molecule has 7 atom stereocenters. The minimum atomic E-state index is -0.839. The first kappa shape index (κ1) is 29.1. The summed E-state index contributed by atoms with van der Waals surface area (Å²) in [6, 6.07) is 17.6. The molecule has 3 aliphatic rings. The van der Waals surface area contributed by atoms with Gasteiger partial charge in [0, 0.05) is 31.9 Å². The molecule has 1 N–H and O–H groups in total. The van der Waals surface area contributed by atoms with Gasteiger partial charge in [-0.15, -0.1) is 24.9 Å². The Kier molecular flexibility index (Phi) is 8.43. The Morgan fingerprint density at radius 2 is 1.71 bits per heavy atom. The van der Waals surface area contributed by atoms with Gasteiger partial charge >= 0.3 is 0 Å². The number of rotatable bonds is 11. The van der Waals surface area contributed by atoms with Crippen molar-refractivity contribution in [2.24, 2.45) is 17.8 Å². The monoisotopic (exact) mass is 573 g/mol. The number of fused-ring (bicyclic) bond motifs is 1. The van der Waals surface area contributed by atoms with Crippen molar-refractivity contribution in [1.82, 2.24) is 14.7 Å². The summed E-state index contributed by atoms with van der Waals surface area (Å²) in [4.78, 5) is 48.3. The number of hydrogen-bond donors (Lipinski definition) is 1. The summed E-state index contributed by atoms with van der Waals surface area (Å²) in [5.41, 5.74) is 1.74. The van der Waals surface area contributed by atoms with E-state index < -0.39 is 28.7 Å². The molecule has 3 heterocycles. The highest BCUT2D eigenvalue weighted by molar-refractivity contribution is 8.02. The number of amides is 3. The predicted octanol–water partition coefficient (Wildman–Crippen LogP) is 3.92. The van der Waals surface area contributed by atoms with Crippen LogP contribution in [0.15, 0.2) is 86.0 Å². The number of carbonyl (C=O) groups excluding carboxylic acids is 3. The lowest BCUT2D eigenvalue weighted by Gasteiger charge is -2.42. The molecule has 8 heteroatoms. The number of hydrogen-bond acceptors (Lipinski definition) is 5. The molecule has 41 heavy (non-hydrogen) atoms. The third-order valence-electron chi connectivity index (χ3n) is 9.05. The first-order valence-corrected chi connectivity index (χ1v) is 15.1. The van der Waals surface area contributed by atoms with E-state index in [-0.39, 0.29) is 35.5 Å². The van der Waals surface area contributed by atoms with Crippen molar-refractivity contribution in [3.8, 4) is 0 Å². The van der Waals surface area contributed by atoms with E-state index in [1.54, 1.807) is 45.7 Å². The van der Waals surface area contributed by atoms with E-state index in [0.717, 1.165) is 17.5 Å². The smallest absolute Gasteiger partial charge is 0.247 e. The molecule has 0 aromatic heterocycles. The molecule has 3 unspecified atom stereocenters. The molecule has 0 radical (unpaired) electrons. The van der Waals surface area contributed by atoms with E-state index in [2.05, 4.69) is 20.1 Å². The van der Waals surface area contributed by atoms with Crippen molar-refractivity contribution in [2.75, 3.05) is 26.7 Å². The summed E-state index contributed by atoms with van der Waals surface area (Å²) < 4.78 is -0.785. The molecular formula is C33H39N3O4S. The zero-order valence-corrected chi connectivity index (χ0v) is 24.6. The van der Waals surface area contributed by atoms with Crippen LogP contribution in [-0.4, -0.2) is 80.3 Å². The van der Waals surface area contributed by atoms with E-state index >= 15 is 0 Å². The van der Waals surface area contributed by atoms with Gasteiger partial charge in [0.1, 0.15) is 6.04 Å². The standard InChI is InChI=1S/C33H39N3O4S/c1-5-17-34(4)30(38)27-26-19-22(3)33(41-26)28(27)31(39)36(25(21-37)24-15-11-8-12-16-24)29(33)32(40)35(18-6-2)20-23-13-9-7-10-14-23/h5-16,22,25-29,37H,1-2,17-21H2,3-4H3/t22?,25-,26+,27-,28+,29?,33?/m1/s1. The molecule has 3 saturated heterocycles. The van der Waals surface area contributed by atoms with Crippen molar-refractivity contribution in [2.45, 2.75) is 42.0 Å². The second kappa shape index (κ2) is 11.9. The summed E-state index contributed by atoms with van der Waals surface area (Å²) in [6.07, 6.45) is 4.14. The maximum absolute atomic E-state index is 14.8. The van der Waals surface area contributed by atoms with Crippen molar-refractivity contribution in [3.63, 3.8) is 0 Å². The lowest BCUT2D eigenvalue weighted by atomic mass is 9.65. The van der Waals surface area contributed by atoms with Crippen LogP contribution in [-0.2, 0) is 20.9 Å². The van der Waals surface area contributed by atoms with Crippen LogP contribution < -0.4 is 0 Å². The van der Waals surface area contributed by atoms with Gasteiger partial charge in [0.25, 0.3) is 0 Å². The third-order valence-corrected chi connectivity index (χ3v) is 11.1. The predicted molar refractivity (Wildman–Crippen MR) is 162 cm³/mol. The first-order valence-electron chi connectivity index (χ1n) is 14.2. The Bertz CT molecular complexity index is 1300. The third kappa shape index (κ3) is 4.81. The zero-order valence-electron chi connectivity index (χ0n) is 23.8. The fourth-order valence-electron chi connectivity index (χ4n) is 7.29. The minimum Gasteiger partial charge on any atom is -0.394 e. The first-order chi connectivity index (χ1) is 19.8. The summed E-state index contributed by atoms with van der Waals surface area (Å²) in [7, 11) is 1.74. The van der Waals surface area contributed by atoms with E-state index in [1.807, 2.05) is 60.7 Å². The molecule has 2 aromatic rings.